The molecule has 0 aromatic heterocycles. The molecule has 6 nitrogen and oxygen atoms in total. The van der Waals surface area contributed by atoms with Gasteiger partial charge in [-0.2, -0.15) is 0 Å². The molecule has 0 spiro atoms. The van der Waals surface area contributed by atoms with Crippen molar-refractivity contribution < 1.29 is 32.6 Å². The van der Waals surface area contributed by atoms with E-state index in [0.29, 0.717) is 6.07 Å². The molecule has 23 heavy (non-hydrogen) atoms. The summed E-state index contributed by atoms with van der Waals surface area (Å²) in [6, 6.07) is 1.29. The van der Waals surface area contributed by atoms with Gasteiger partial charge in [-0.05, 0) is 18.6 Å². The van der Waals surface area contributed by atoms with Crippen molar-refractivity contribution in [1.82, 2.24) is 5.32 Å². The van der Waals surface area contributed by atoms with E-state index in [9.17, 15) is 23.2 Å². The van der Waals surface area contributed by atoms with Crippen molar-refractivity contribution in [2.45, 2.75) is 12.5 Å². The fourth-order valence-corrected chi connectivity index (χ4v) is 1.63. The Balaban J connectivity index is 2.84. The van der Waals surface area contributed by atoms with Gasteiger partial charge < -0.3 is 14.8 Å². The molecule has 1 amide bonds. The Labute approximate surface area is 131 Å². The van der Waals surface area contributed by atoms with E-state index in [-0.39, 0.29) is 6.42 Å². The summed E-state index contributed by atoms with van der Waals surface area (Å²) >= 11 is 0. The van der Waals surface area contributed by atoms with Crippen molar-refractivity contribution in [3.05, 3.63) is 47.5 Å². The summed E-state index contributed by atoms with van der Waals surface area (Å²) in [6.45, 7) is 0. The van der Waals surface area contributed by atoms with E-state index in [1.165, 1.54) is 13.2 Å². The highest BCUT2D eigenvalue weighted by Gasteiger charge is 2.22. The van der Waals surface area contributed by atoms with Gasteiger partial charge in [-0.25, -0.2) is 18.4 Å². The molecule has 0 aliphatic heterocycles. The van der Waals surface area contributed by atoms with E-state index in [1.807, 2.05) is 0 Å². The van der Waals surface area contributed by atoms with Crippen LogP contribution >= 0.6 is 0 Å². The van der Waals surface area contributed by atoms with Crippen LogP contribution < -0.4 is 5.32 Å². The maximum Gasteiger partial charge on any atom is 0.330 e. The number of ether oxygens (including phenoxy) is 2. The molecule has 0 aliphatic carbocycles. The first-order chi connectivity index (χ1) is 10.9. The lowest BCUT2D eigenvalue weighted by Crippen LogP contribution is -2.41. The van der Waals surface area contributed by atoms with Gasteiger partial charge >= 0.3 is 11.9 Å². The molecule has 1 atom stereocenters. The quantitative estimate of drug-likeness (QED) is 0.630. The van der Waals surface area contributed by atoms with Crippen LogP contribution in [0, 0.1) is 11.6 Å². The van der Waals surface area contributed by atoms with Crippen LogP contribution in [0.4, 0.5) is 8.78 Å². The lowest BCUT2D eigenvalue weighted by atomic mass is 10.1. The van der Waals surface area contributed by atoms with Gasteiger partial charge in [0.05, 0.1) is 19.8 Å². The first-order valence-corrected chi connectivity index (χ1v) is 6.47. The number of nitrogens with one attached hydrogen (secondary N) is 1. The lowest BCUT2D eigenvalue weighted by molar-refractivity contribution is -0.143. The Kier molecular flexibility index (Phi) is 6.85. The van der Waals surface area contributed by atoms with E-state index in [4.69, 9.17) is 0 Å². The van der Waals surface area contributed by atoms with Gasteiger partial charge in [-0.15, -0.1) is 0 Å². The first kappa shape index (κ1) is 18.3. The average Bonchev–Trinajstić information content (AvgIpc) is 2.52. The molecule has 0 saturated heterocycles. The Morgan fingerprint density at radius 1 is 1.22 bits per heavy atom. The third kappa shape index (κ3) is 5.50. The van der Waals surface area contributed by atoms with Gasteiger partial charge in [0.1, 0.15) is 17.7 Å². The molecule has 1 aromatic carbocycles. The van der Waals surface area contributed by atoms with Gasteiger partial charge in [0.15, 0.2) is 0 Å². The fraction of sp³-hybridized carbons (Fsp3) is 0.267. The SMILES string of the molecule is COC(=O)/C=C/C[C@H](NC(=O)c1ccc(F)cc1F)C(=O)OC. The number of halogens is 2. The average molecular weight is 327 g/mol. The molecule has 8 heteroatoms. The Morgan fingerprint density at radius 3 is 2.48 bits per heavy atom. The van der Waals surface area contributed by atoms with E-state index in [1.54, 1.807) is 0 Å². The second-order valence-corrected chi connectivity index (χ2v) is 4.33. The van der Waals surface area contributed by atoms with Gasteiger partial charge in [0.25, 0.3) is 5.91 Å². The number of carbonyl (C=O) groups is 3. The van der Waals surface area contributed by atoms with Crippen LogP contribution in [0.1, 0.15) is 16.8 Å². The highest BCUT2D eigenvalue weighted by atomic mass is 19.1. The summed E-state index contributed by atoms with van der Waals surface area (Å²) in [5.41, 5.74) is -0.419. The molecule has 124 valence electrons. The minimum Gasteiger partial charge on any atom is -0.467 e. The summed E-state index contributed by atoms with van der Waals surface area (Å²) in [6.07, 6.45) is 2.30. The standard InChI is InChI=1S/C15H15F2NO5/c1-22-13(19)5-3-4-12(15(21)23-2)18-14(20)10-7-6-9(16)8-11(10)17/h3,5-8,12H,4H2,1-2H3,(H,18,20)/b5-3+/t12-/m0/s1. The molecule has 0 aliphatic rings. The predicted octanol–water partition coefficient (Wildman–Crippen LogP) is 1.36. The molecule has 1 rings (SSSR count). The molecule has 1 aromatic rings. The number of rotatable bonds is 6. The molecular formula is C15H15F2NO5. The maximum absolute atomic E-state index is 13.5. The minimum absolute atomic E-state index is 0.0731. The van der Waals surface area contributed by atoms with Gasteiger partial charge in [0.2, 0.25) is 0 Å². The van der Waals surface area contributed by atoms with Crippen LogP contribution in [0.15, 0.2) is 30.4 Å². The maximum atomic E-state index is 13.5. The Morgan fingerprint density at radius 2 is 1.91 bits per heavy atom. The first-order valence-electron chi connectivity index (χ1n) is 6.47. The number of carbonyl (C=O) groups excluding carboxylic acids is 3. The number of amides is 1. The number of esters is 2. The van der Waals surface area contributed by atoms with Crippen molar-refractivity contribution >= 4 is 17.8 Å². The number of benzene rings is 1. The van der Waals surface area contributed by atoms with Gasteiger partial charge in [0, 0.05) is 12.1 Å². The molecule has 0 radical (unpaired) electrons. The highest BCUT2D eigenvalue weighted by Crippen LogP contribution is 2.10. The second-order valence-electron chi connectivity index (χ2n) is 4.33. The highest BCUT2D eigenvalue weighted by molar-refractivity contribution is 5.97. The molecule has 0 unspecified atom stereocenters. The fourth-order valence-electron chi connectivity index (χ4n) is 1.63. The third-order valence-electron chi connectivity index (χ3n) is 2.79. The molecule has 0 bridgehead atoms. The van der Waals surface area contributed by atoms with Gasteiger partial charge in [-0.3, -0.25) is 4.79 Å². The van der Waals surface area contributed by atoms with Crippen molar-refractivity contribution in [2.75, 3.05) is 14.2 Å². The van der Waals surface area contributed by atoms with E-state index >= 15 is 0 Å². The number of methoxy groups -OCH3 is 2. The number of hydrogen-bond donors (Lipinski definition) is 1. The zero-order chi connectivity index (χ0) is 17.4. The van der Waals surface area contributed by atoms with Crippen LogP contribution in [0.3, 0.4) is 0 Å². The van der Waals surface area contributed by atoms with Crippen molar-refractivity contribution in [3.8, 4) is 0 Å². The lowest BCUT2D eigenvalue weighted by Gasteiger charge is -2.15. The topological polar surface area (TPSA) is 81.7 Å². The van der Waals surface area contributed by atoms with E-state index in [0.717, 1.165) is 25.3 Å². The smallest absolute Gasteiger partial charge is 0.330 e. The molecular weight excluding hydrogens is 312 g/mol. The van der Waals surface area contributed by atoms with Crippen molar-refractivity contribution in [1.29, 1.82) is 0 Å². The van der Waals surface area contributed by atoms with Gasteiger partial charge in [-0.1, -0.05) is 6.08 Å². The summed E-state index contributed by atoms with van der Waals surface area (Å²) in [5.74, 6) is -4.22. The monoisotopic (exact) mass is 327 g/mol. The Bertz CT molecular complexity index is 630. The number of hydrogen-bond acceptors (Lipinski definition) is 5. The zero-order valence-corrected chi connectivity index (χ0v) is 12.5. The zero-order valence-electron chi connectivity index (χ0n) is 12.5. The van der Waals surface area contributed by atoms with Crippen molar-refractivity contribution in [3.63, 3.8) is 0 Å². The third-order valence-corrected chi connectivity index (χ3v) is 2.79. The van der Waals surface area contributed by atoms with Crippen LogP contribution in [-0.2, 0) is 19.1 Å². The van der Waals surface area contributed by atoms with Crippen LogP contribution in [0.5, 0.6) is 0 Å². The summed E-state index contributed by atoms with van der Waals surface area (Å²) in [5, 5.41) is 2.26. The van der Waals surface area contributed by atoms with Crippen LogP contribution in [0.25, 0.3) is 0 Å². The molecule has 0 heterocycles. The van der Waals surface area contributed by atoms with Crippen molar-refractivity contribution in [2.24, 2.45) is 0 Å². The van der Waals surface area contributed by atoms with E-state index in [2.05, 4.69) is 14.8 Å². The second kappa shape index (κ2) is 8.62. The largest absolute Gasteiger partial charge is 0.467 e. The minimum atomic E-state index is -1.14. The summed E-state index contributed by atoms with van der Waals surface area (Å²) in [4.78, 5) is 34.5. The summed E-state index contributed by atoms with van der Waals surface area (Å²) in [7, 11) is 2.30. The van der Waals surface area contributed by atoms with Crippen LogP contribution in [-0.4, -0.2) is 38.1 Å². The summed E-state index contributed by atoms with van der Waals surface area (Å²) < 4.78 is 35.3. The van der Waals surface area contributed by atoms with Crippen LogP contribution in [0.2, 0.25) is 0 Å². The Hall–Kier alpha value is -2.77. The molecule has 0 fully saturated rings. The van der Waals surface area contributed by atoms with E-state index < -0.39 is 41.1 Å². The predicted molar refractivity (Wildman–Crippen MR) is 75.4 cm³/mol. The molecule has 0 saturated carbocycles. The molecule has 1 N–H and O–H groups in total. The normalized spacial score (nSPS) is 11.8.